The second-order valence-electron chi connectivity index (χ2n) is 8.30. The maximum Gasteiger partial charge on any atom is 0.139 e. The van der Waals surface area contributed by atoms with Crippen LogP contribution in [0, 0.1) is 12.8 Å². The van der Waals surface area contributed by atoms with Gasteiger partial charge >= 0.3 is 0 Å². The summed E-state index contributed by atoms with van der Waals surface area (Å²) < 4.78 is 0. The highest BCUT2D eigenvalue weighted by Crippen LogP contribution is 2.26. The predicted molar refractivity (Wildman–Crippen MR) is 118 cm³/mol. The molecule has 0 bridgehead atoms. The summed E-state index contributed by atoms with van der Waals surface area (Å²) in [5.41, 5.74) is 3.10. The van der Waals surface area contributed by atoms with Crippen LogP contribution in [0.5, 0.6) is 0 Å². The van der Waals surface area contributed by atoms with Crippen molar-refractivity contribution in [3.05, 3.63) is 65.6 Å². The summed E-state index contributed by atoms with van der Waals surface area (Å²) in [6, 6.07) is 14.3. The number of rotatable bonds is 6. The number of anilines is 1. The van der Waals surface area contributed by atoms with Crippen molar-refractivity contribution < 1.29 is 4.79 Å². The molecule has 0 radical (unpaired) electrons. The van der Waals surface area contributed by atoms with E-state index in [0.29, 0.717) is 12.8 Å². The minimum Gasteiger partial charge on any atom is -0.356 e. The molecule has 3 heterocycles. The van der Waals surface area contributed by atoms with Gasteiger partial charge in [0.05, 0.1) is 5.69 Å². The standard InChI is InChI=1S/C25H29N3O/c1-18-12-15-28(16-13-18)25-21(8-7-19(2)27-25)9-10-22(29)17-24-23-6-4-3-5-20(23)11-14-26-24/h3-8,11,14,18H,9-10,12-13,15-17H2,1-2H3. The molecule has 1 aromatic carbocycles. The number of hydrogen-bond donors (Lipinski definition) is 0. The van der Waals surface area contributed by atoms with Gasteiger partial charge in [0.1, 0.15) is 11.6 Å². The number of ketones is 1. The third kappa shape index (κ3) is 4.64. The summed E-state index contributed by atoms with van der Waals surface area (Å²) in [6.07, 6.45) is 5.86. The maximum absolute atomic E-state index is 12.8. The zero-order valence-corrected chi connectivity index (χ0v) is 17.4. The molecular formula is C25H29N3O. The van der Waals surface area contributed by atoms with E-state index in [1.54, 1.807) is 6.20 Å². The molecule has 29 heavy (non-hydrogen) atoms. The van der Waals surface area contributed by atoms with Crippen molar-refractivity contribution in [2.45, 2.75) is 46.0 Å². The molecule has 150 valence electrons. The van der Waals surface area contributed by atoms with Crippen molar-refractivity contribution in [1.29, 1.82) is 0 Å². The molecule has 0 atom stereocenters. The average Bonchev–Trinajstić information content (AvgIpc) is 2.74. The lowest BCUT2D eigenvalue weighted by Gasteiger charge is -2.32. The Labute approximate surface area is 173 Å². The molecular weight excluding hydrogens is 358 g/mol. The number of hydrogen-bond acceptors (Lipinski definition) is 4. The van der Waals surface area contributed by atoms with Gasteiger partial charge < -0.3 is 4.90 Å². The lowest BCUT2D eigenvalue weighted by Crippen LogP contribution is -2.34. The smallest absolute Gasteiger partial charge is 0.139 e. The number of pyridine rings is 2. The number of piperidine rings is 1. The van der Waals surface area contributed by atoms with Crippen LogP contribution in [0.2, 0.25) is 0 Å². The van der Waals surface area contributed by atoms with Crippen LogP contribution in [0.4, 0.5) is 5.82 Å². The van der Waals surface area contributed by atoms with Crippen molar-refractivity contribution in [3.8, 4) is 0 Å². The number of aryl methyl sites for hydroxylation is 2. The molecule has 2 aromatic heterocycles. The number of nitrogens with zero attached hydrogens (tertiary/aromatic N) is 3. The Kier molecular flexibility index (Phi) is 5.89. The minimum atomic E-state index is 0.229. The number of aromatic nitrogens is 2. The van der Waals surface area contributed by atoms with Gasteiger partial charge in [-0.2, -0.15) is 0 Å². The van der Waals surface area contributed by atoms with Crippen molar-refractivity contribution in [3.63, 3.8) is 0 Å². The first-order valence-electron chi connectivity index (χ1n) is 10.7. The van der Waals surface area contributed by atoms with Crippen LogP contribution in [-0.2, 0) is 17.6 Å². The van der Waals surface area contributed by atoms with Gasteiger partial charge in [-0.25, -0.2) is 4.98 Å². The Bertz CT molecular complexity index is 1000. The molecule has 4 heteroatoms. The largest absolute Gasteiger partial charge is 0.356 e. The van der Waals surface area contributed by atoms with Gasteiger partial charge in [-0.05, 0) is 55.2 Å². The summed E-state index contributed by atoms with van der Waals surface area (Å²) in [6.45, 7) is 6.47. The Morgan fingerprint density at radius 2 is 1.90 bits per heavy atom. The van der Waals surface area contributed by atoms with E-state index in [4.69, 9.17) is 4.98 Å². The van der Waals surface area contributed by atoms with Crippen molar-refractivity contribution in [2.75, 3.05) is 18.0 Å². The van der Waals surface area contributed by atoms with Gasteiger partial charge in [0.2, 0.25) is 0 Å². The Morgan fingerprint density at radius 1 is 1.10 bits per heavy atom. The molecule has 4 rings (SSSR count). The van der Waals surface area contributed by atoms with Crippen LogP contribution in [0.15, 0.2) is 48.7 Å². The zero-order valence-electron chi connectivity index (χ0n) is 17.4. The fraction of sp³-hybridized carbons (Fsp3) is 0.400. The van der Waals surface area contributed by atoms with Crippen LogP contribution < -0.4 is 4.90 Å². The van der Waals surface area contributed by atoms with E-state index in [-0.39, 0.29) is 5.78 Å². The van der Waals surface area contributed by atoms with E-state index in [0.717, 1.165) is 53.4 Å². The average molecular weight is 388 g/mol. The fourth-order valence-electron chi connectivity index (χ4n) is 4.13. The molecule has 0 amide bonds. The first-order chi connectivity index (χ1) is 14.1. The van der Waals surface area contributed by atoms with Crippen LogP contribution >= 0.6 is 0 Å². The van der Waals surface area contributed by atoms with Crippen molar-refractivity contribution in [2.24, 2.45) is 5.92 Å². The third-order valence-corrected chi connectivity index (χ3v) is 5.97. The molecule has 3 aromatic rings. The highest BCUT2D eigenvalue weighted by atomic mass is 16.1. The Balaban J connectivity index is 1.45. The van der Waals surface area contributed by atoms with Gasteiger partial charge in [-0.3, -0.25) is 9.78 Å². The SMILES string of the molecule is Cc1ccc(CCC(=O)Cc2nccc3ccccc23)c(N2CCC(C)CC2)n1. The molecule has 0 saturated carbocycles. The highest BCUT2D eigenvalue weighted by molar-refractivity contribution is 5.89. The second-order valence-corrected chi connectivity index (χ2v) is 8.30. The van der Waals surface area contributed by atoms with Crippen LogP contribution in [-0.4, -0.2) is 28.8 Å². The normalized spacial score (nSPS) is 15.0. The molecule has 0 aliphatic carbocycles. The van der Waals surface area contributed by atoms with Gasteiger partial charge in [0, 0.05) is 43.2 Å². The van der Waals surface area contributed by atoms with Crippen molar-refractivity contribution >= 4 is 22.4 Å². The molecule has 1 aliphatic heterocycles. The highest BCUT2D eigenvalue weighted by Gasteiger charge is 2.20. The third-order valence-electron chi connectivity index (χ3n) is 5.97. The number of benzene rings is 1. The molecule has 1 saturated heterocycles. The molecule has 4 nitrogen and oxygen atoms in total. The summed E-state index contributed by atoms with van der Waals surface area (Å²) >= 11 is 0. The second kappa shape index (κ2) is 8.73. The summed E-state index contributed by atoms with van der Waals surface area (Å²) in [7, 11) is 0. The van der Waals surface area contributed by atoms with Gasteiger partial charge in [-0.1, -0.05) is 37.3 Å². The van der Waals surface area contributed by atoms with E-state index in [9.17, 15) is 4.79 Å². The minimum absolute atomic E-state index is 0.229. The van der Waals surface area contributed by atoms with Crippen LogP contribution in [0.3, 0.4) is 0 Å². The Hall–Kier alpha value is -2.75. The van der Waals surface area contributed by atoms with Crippen molar-refractivity contribution in [1.82, 2.24) is 9.97 Å². The van der Waals surface area contributed by atoms with Gasteiger partial charge in [0.25, 0.3) is 0 Å². The fourth-order valence-corrected chi connectivity index (χ4v) is 4.13. The van der Waals surface area contributed by atoms with Gasteiger partial charge in [0.15, 0.2) is 0 Å². The molecule has 1 aliphatic rings. The van der Waals surface area contributed by atoms with Crippen LogP contribution in [0.1, 0.15) is 43.1 Å². The zero-order chi connectivity index (χ0) is 20.2. The number of carbonyl (C=O) groups excluding carboxylic acids is 1. The monoisotopic (exact) mass is 387 g/mol. The molecule has 0 unspecified atom stereocenters. The van der Waals surface area contributed by atoms with E-state index < -0.39 is 0 Å². The van der Waals surface area contributed by atoms with E-state index in [1.165, 1.54) is 18.4 Å². The van der Waals surface area contributed by atoms with E-state index >= 15 is 0 Å². The first-order valence-corrected chi connectivity index (χ1v) is 10.7. The molecule has 0 N–H and O–H groups in total. The summed E-state index contributed by atoms with van der Waals surface area (Å²) in [5, 5.41) is 2.21. The molecule has 1 fully saturated rings. The van der Waals surface area contributed by atoms with Gasteiger partial charge in [-0.15, -0.1) is 0 Å². The topological polar surface area (TPSA) is 46.1 Å². The predicted octanol–water partition coefficient (Wildman–Crippen LogP) is 4.92. The lowest BCUT2D eigenvalue weighted by atomic mass is 9.98. The molecule has 0 spiro atoms. The summed E-state index contributed by atoms with van der Waals surface area (Å²) in [4.78, 5) is 24.5. The van der Waals surface area contributed by atoms with Crippen LogP contribution in [0.25, 0.3) is 10.8 Å². The number of carbonyl (C=O) groups is 1. The quantitative estimate of drug-likeness (QED) is 0.602. The summed E-state index contributed by atoms with van der Waals surface area (Å²) in [5.74, 6) is 2.09. The lowest BCUT2D eigenvalue weighted by molar-refractivity contribution is -0.118. The van der Waals surface area contributed by atoms with E-state index in [2.05, 4.69) is 35.0 Å². The first kappa shape index (κ1) is 19.6. The Morgan fingerprint density at radius 3 is 2.72 bits per heavy atom. The van der Waals surface area contributed by atoms with E-state index in [1.807, 2.05) is 31.2 Å². The number of fused-ring (bicyclic) bond motifs is 1. The maximum atomic E-state index is 12.8. The number of Topliss-reactive ketones (excluding diaryl/α,β-unsaturated/α-hetero) is 1.